The first-order chi connectivity index (χ1) is 9.11. The lowest BCUT2D eigenvalue weighted by atomic mass is 10.2. The minimum absolute atomic E-state index is 0.0839. The smallest absolute Gasteiger partial charge is 0.293 e. The van der Waals surface area contributed by atoms with Crippen LogP contribution in [0.25, 0.3) is 0 Å². The van der Waals surface area contributed by atoms with Crippen molar-refractivity contribution in [3.63, 3.8) is 0 Å². The summed E-state index contributed by atoms with van der Waals surface area (Å²) >= 11 is 0. The predicted octanol–water partition coefficient (Wildman–Crippen LogP) is 1.14. The van der Waals surface area contributed by atoms with Crippen LogP contribution < -0.4 is 5.32 Å². The lowest BCUT2D eigenvalue weighted by Gasteiger charge is -2.23. The normalized spacial score (nSPS) is 19.1. The van der Waals surface area contributed by atoms with Crippen LogP contribution in [0, 0.1) is 0 Å². The predicted molar refractivity (Wildman–Crippen MR) is 73.1 cm³/mol. The Morgan fingerprint density at radius 1 is 1.53 bits per heavy atom. The highest BCUT2D eigenvalue weighted by atomic mass is 16.2. The summed E-state index contributed by atoms with van der Waals surface area (Å²) < 4.78 is 0. The molecule has 6 nitrogen and oxygen atoms in total. The van der Waals surface area contributed by atoms with Crippen LogP contribution in [0.3, 0.4) is 0 Å². The number of nitrogens with one attached hydrogen (secondary N) is 2. The molecular formula is C13H23N5O. The van der Waals surface area contributed by atoms with Gasteiger partial charge in [-0.05, 0) is 26.3 Å². The van der Waals surface area contributed by atoms with Gasteiger partial charge in [0.15, 0.2) is 0 Å². The fourth-order valence-electron chi connectivity index (χ4n) is 2.30. The van der Waals surface area contributed by atoms with Gasteiger partial charge in [0.2, 0.25) is 5.82 Å². The van der Waals surface area contributed by atoms with Crippen molar-refractivity contribution in [2.24, 2.45) is 0 Å². The van der Waals surface area contributed by atoms with E-state index in [9.17, 15) is 4.79 Å². The van der Waals surface area contributed by atoms with Crippen molar-refractivity contribution in [2.45, 2.75) is 45.6 Å². The highest BCUT2D eigenvalue weighted by Gasteiger charge is 2.24. The van der Waals surface area contributed by atoms with Gasteiger partial charge in [0.1, 0.15) is 5.82 Å². The van der Waals surface area contributed by atoms with Crippen molar-refractivity contribution >= 4 is 5.91 Å². The van der Waals surface area contributed by atoms with Crippen molar-refractivity contribution in [3.05, 3.63) is 11.6 Å². The molecule has 2 rings (SSSR count). The summed E-state index contributed by atoms with van der Waals surface area (Å²) in [5, 5.41) is 10.3. The van der Waals surface area contributed by atoms with Crippen LogP contribution in [0.2, 0.25) is 0 Å². The minimum atomic E-state index is -0.0839. The molecule has 0 radical (unpaired) electrons. The number of aromatic amines is 1. The molecule has 0 aromatic carbocycles. The summed E-state index contributed by atoms with van der Waals surface area (Å²) in [5.74, 6) is 1.21. The van der Waals surface area contributed by atoms with Gasteiger partial charge in [0.05, 0.1) is 0 Å². The van der Waals surface area contributed by atoms with Crippen LogP contribution in [0.5, 0.6) is 0 Å². The van der Waals surface area contributed by atoms with Crippen molar-refractivity contribution < 1.29 is 4.79 Å². The molecular weight excluding hydrogens is 242 g/mol. The summed E-state index contributed by atoms with van der Waals surface area (Å²) in [7, 11) is 0. The van der Waals surface area contributed by atoms with Gasteiger partial charge < -0.3 is 10.2 Å². The van der Waals surface area contributed by atoms with Crippen LogP contribution in [-0.4, -0.2) is 51.7 Å². The molecule has 106 valence electrons. The molecule has 1 atom stereocenters. The summed E-state index contributed by atoms with van der Waals surface area (Å²) in [6.45, 7) is 8.50. The third-order valence-corrected chi connectivity index (χ3v) is 3.51. The Bertz CT molecular complexity index is 422. The summed E-state index contributed by atoms with van der Waals surface area (Å²) in [6, 6.07) is 0.410. The molecule has 0 saturated carbocycles. The Morgan fingerprint density at radius 3 is 2.84 bits per heavy atom. The van der Waals surface area contributed by atoms with E-state index in [-0.39, 0.29) is 17.6 Å². The van der Waals surface area contributed by atoms with E-state index in [1.54, 1.807) is 0 Å². The number of nitrogens with zero attached hydrogens (tertiary/aromatic N) is 3. The first kappa shape index (κ1) is 14.0. The monoisotopic (exact) mass is 265 g/mol. The van der Waals surface area contributed by atoms with Gasteiger partial charge in [-0.15, -0.1) is 5.10 Å². The zero-order valence-electron chi connectivity index (χ0n) is 11.9. The number of likely N-dealkylation sites (N-methyl/N-ethyl adjacent to an activating group) is 1. The second-order valence-electron chi connectivity index (χ2n) is 5.34. The molecule has 6 heteroatoms. The van der Waals surface area contributed by atoms with E-state index < -0.39 is 0 Å². The molecule has 1 amide bonds. The maximum absolute atomic E-state index is 12.4. The lowest BCUT2D eigenvalue weighted by Crippen LogP contribution is -2.41. The van der Waals surface area contributed by atoms with Gasteiger partial charge in [-0.3, -0.25) is 9.89 Å². The van der Waals surface area contributed by atoms with Crippen molar-refractivity contribution in [1.29, 1.82) is 0 Å². The third-order valence-electron chi connectivity index (χ3n) is 3.51. The van der Waals surface area contributed by atoms with Crippen LogP contribution >= 0.6 is 0 Å². The first-order valence-corrected chi connectivity index (χ1v) is 7.06. The molecule has 1 aromatic heterocycles. The molecule has 1 aromatic rings. The Labute approximate surface area is 114 Å². The summed E-state index contributed by atoms with van der Waals surface area (Å²) in [5.41, 5.74) is 0. The second kappa shape index (κ2) is 6.14. The SMILES string of the molecule is CCN(CC1CCCN1)C(=O)c1n[nH]c(C(C)C)n1. The van der Waals surface area contributed by atoms with Crippen molar-refractivity contribution in [1.82, 2.24) is 25.4 Å². The fourth-order valence-corrected chi connectivity index (χ4v) is 2.30. The van der Waals surface area contributed by atoms with E-state index in [4.69, 9.17) is 0 Å². The molecule has 1 unspecified atom stereocenters. The van der Waals surface area contributed by atoms with E-state index in [0.29, 0.717) is 12.6 Å². The maximum Gasteiger partial charge on any atom is 0.293 e. The van der Waals surface area contributed by atoms with E-state index in [1.807, 2.05) is 25.7 Å². The number of rotatable bonds is 5. The van der Waals surface area contributed by atoms with E-state index in [2.05, 4.69) is 20.5 Å². The van der Waals surface area contributed by atoms with E-state index in [1.165, 1.54) is 6.42 Å². The fraction of sp³-hybridized carbons (Fsp3) is 0.769. The lowest BCUT2D eigenvalue weighted by molar-refractivity contribution is 0.0739. The largest absolute Gasteiger partial charge is 0.335 e. The Hall–Kier alpha value is -1.43. The molecule has 2 heterocycles. The summed E-state index contributed by atoms with van der Waals surface area (Å²) in [4.78, 5) is 18.4. The topological polar surface area (TPSA) is 73.9 Å². The standard InChI is InChI=1S/C13H23N5O/c1-4-18(8-10-6-5-7-14-10)13(19)12-15-11(9(2)3)16-17-12/h9-10,14H,4-8H2,1-3H3,(H,15,16,17). The van der Waals surface area contributed by atoms with Gasteiger partial charge in [-0.2, -0.15) is 0 Å². The first-order valence-electron chi connectivity index (χ1n) is 7.06. The number of hydrogen-bond donors (Lipinski definition) is 2. The number of aromatic nitrogens is 3. The quantitative estimate of drug-likeness (QED) is 0.837. The maximum atomic E-state index is 12.4. The Balaban J connectivity index is 2.02. The van der Waals surface area contributed by atoms with Crippen molar-refractivity contribution in [3.8, 4) is 0 Å². The van der Waals surface area contributed by atoms with Gasteiger partial charge in [-0.25, -0.2) is 4.98 Å². The number of amides is 1. The molecule has 1 fully saturated rings. The highest BCUT2D eigenvalue weighted by Crippen LogP contribution is 2.11. The zero-order valence-corrected chi connectivity index (χ0v) is 11.9. The average Bonchev–Trinajstić information content (AvgIpc) is 3.06. The van der Waals surface area contributed by atoms with Crippen LogP contribution in [-0.2, 0) is 0 Å². The Kier molecular flexibility index (Phi) is 4.52. The number of carbonyl (C=O) groups is 1. The molecule has 1 saturated heterocycles. The van der Waals surface area contributed by atoms with Crippen LogP contribution in [0.15, 0.2) is 0 Å². The third kappa shape index (κ3) is 3.32. The van der Waals surface area contributed by atoms with Crippen LogP contribution in [0.1, 0.15) is 56.0 Å². The van der Waals surface area contributed by atoms with E-state index in [0.717, 1.165) is 25.3 Å². The molecule has 2 N–H and O–H groups in total. The molecule has 0 bridgehead atoms. The zero-order chi connectivity index (χ0) is 13.8. The molecule has 19 heavy (non-hydrogen) atoms. The molecule has 1 aliphatic rings. The highest BCUT2D eigenvalue weighted by molar-refractivity contribution is 5.90. The number of H-pyrrole nitrogens is 1. The molecule has 0 aliphatic carbocycles. The number of carbonyl (C=O) groups excluding carboxylic acids is 1. The van der Waals surface area contributed by atoms with Gasteiger partial charge in [0, 0.05) is 25.0 Å². The second-order valence-corrected chi connectivity index (χ2v) is 5.34. The summed E-state index contributed by atoms with van der Waals surface area (Å²) in [6.07, 6.45) is 2.32. The van der Waals surface area contributed by atoms with Gasteiger partial charge in [0.25, 0.3) is 5.91 Å². The van der Waals surface area contributed by atoms with Gasteiger partial charge in [-0.1, -0.05) is 13.8 Å². The molecule has 0 spiro atoms. The minimum Gasteiger partial charge on any atom is -0.335 e. The average molecular weight is 265 g/mol. The Morgan fingerprint density at radius 2 is 2.32 bits per heavy atom. The van der Waals surface area contributed by atoms with Crippen molar-refractivity contribution in [2.75, 3.05) is 19.6 Å². The number of hydrogen-bond acceptors (Lipinski definition) is 4. The van der Waals surface area contributed by atoms with E-state index >= 15 is 0 Å². The molecule has 1 aliphatic heterocycles. The van der Waals surface area contributed by atoms with Crippen LogP contribution in [0.4, 0.5) is 0 Å². The van der Waals surface area contributed by atoms with Gasteiger partial charge >= 0.3 is 0 Å².